The number of carbonyl (C=O) groups excluding carboxylic acids is 1. The second kappa shape index (κ2) is 6.74. The minimum Gasteiger partial charge on any atom is -0.353 e. The molecule has 0 aromatic heterocycles. The summed E-state index contributed by atoms with van der Waals surface area (Å²) >= 11 is 0. The molecule has 2 rings (SSSR count). The highest BCUT2D eigenvalue weighted by molar-refractivity contribution is 5.79. The lowest BCUT2D eigenvalue weighted by atomic mass is 9.78. The Labute approximate surface area is 117 Å². The summed E-state index contributed by atoms with van der Waals surface area (Å²) in [6, 6.07) is 0.722. The molecule has 3 heteroatoms. The van der Waals surface area contributed by atoms with Crippen molar-refractivity contribution in [3.63, 3.8) is 0 Å². The summed E-state index contributed by atoms with van der Waals surface area (Å²) in [6.45, 7) is 4.43. The number of nitrogens with two attached hydrogens (primary N) is 1. The van der Waals surface area contributed by atoms with Crippen molar-refractivity contribution in [2.45, 2.75) is 77.3 Å². The van der Waals surface area contributed by atoms with E-state index < -0.39 is 0 Å². The molecule has 0 bridgehead atoms. The normalized spacial score (nSPS) is 39.8. The van der Waals surface area contributed by atoms with Crippen molar-refractivity contribution in [2.24, 2.45) is 23.5 Å². The van der Waals surface area contributed by atoms with Crippen molar-refractivity contribution >= 4 is 5.91 Å². The highest BCUT2D eigenvalue weighted by Gasteiger charge is 2.32. The highest BCUT2D eigenvalue weighted by Crippen LogP contribution is 2.30. The molecule has 0 aliphatic heterocycles. The first-order valence-electron chi connectivity index (χ1n) is 8.17. The van der Waals surface area contributed by atoms with Crippen molar-refractivity contribution in [3.05, 3.63) is 0 Å². The molecular weight excluding hydrogens is 236 g/mol. The summed E-state index contributed by atoms with van der Waals surface area (Å²) in [5.74, 6) is 1.68. The van der Waals surface area contributed by atoms with Gasteiger partial charge in [0.1, 0.15) is 0 Å². The topological polar surface area (TPSA) is 55.1 Å². The number of hydrogen-bond acceptors (Lipinski definition) is 2. The molecule has 2 saturated carbocycles. The molecule has 3 N–H and O–H groups in total. The van der Waals surface area contributed by atoms with Gasteiger partial charge in [0.15, 0.2) is 0 Å². The Balaban J connectivity index is 1.86. The van der Waals surface area contributed by atoms with Gasteiger partial charge in [-0.3, -0.25) is 4.79 Å². The second-order valence-corrected chi connectivity index (χ2v) is 6.72. The Kier molecular flexibility index (Phi) is 5.26. The smallest absolute Gasteiger partial charge is 0.223 e. The van der Waals surface area contributed by atoms with Crippen molar-refractivity contribution in [3.8, 4) is 0 Å². The van der Waals surface area contributed by atoms with Crippen LogP contribution in [0.2, 0.25) is 0 Å². The van der Waals surface area contributed by atoms with E-state index in [1.54, 1.807) is 0 Å². The van der Waals surface area contributed by atoms with Crippen molar-refractivity contribution in [2.75, 3.05) is 0 Å². The van der Waals surface area contributed by atoms with Crippen LogP contribution < -0.4 is 11.1 Å². The van der Waals surface area contributed by atoms with E-state index in [0.717, 1.165) is 19.3 Å². The molecule has 2 fully saturated rings. The molecular formula is C16H30N2O. The summed E-state index contributed by atoms with van der Waals surface area (Å²) in [6.07, 6.45) is 9.20. The molecule has 110 valence electrons. The SMILES string of the molecule is CCC1CCCCC1NC(=O)C1CCC(N)C(C)C1. The molecule has 2 aliphatic rings. The monoisotopic (exact) mass is 266 g/mol. The quantitative estimate of drug-likeness (QED) is 0.825. The third-order valence-electron chi connectivity index (χ3n) is 5.37. The molecule has 0 aromatic carbocycles. The zero-order valence-corrected chi connectivity index (χ0v) is 12.5. The van der Waals surface area contributed by atoms with Gasteiger partial charge in [0.25, 0.3) is 0 Å². The fourth-order valence-corrected chi connectivity index (χ4v) is 3.84. The van der Waals surface area contributed by atoms with Gasteiger partial charge in [0.05, 0.1) is 0 Å². The van der Waals surface area contributed by atoms with E-state index in [4.69, 9.17) is 5.73 Å². The Morgan fingerprint density at radius 2 is 1.95 bits per heavy atom. The summed E-state index contributed by atoms with van der Waals surface area (Å²) < 4.78 is 0. The van der Waals surface area contributed by atoms with Crippen molar-refractivity contribution in [1.82, 2.24) is 5.32 Å². The largest absolute Gasteiger partial charge is 0.353 e. The van der Waals surface area contributed by atoms with E-state index in [9.17, 15) is 4.79 Å². The van der Waals surface area contributed by atoms with Crippen LogP contribution in [0.4, 0.5) is 0 Å². The Bertz CT molecular complexity index is 305. The van der Waals surface area contributed by atoms with Gasteiger partial charge in [0.2, 0.25) is 5.91 Å². The fraction of sp³-hybridized carbons (Fsp3) is 0.938. The summed E-state index contributed by atoms with van der Waals surface area (Å²) in [4.78, 5) is 12.4. The maximum absolute atomic E-state index is 12.4. The first kappa shape index (κ1) is 14.8. The lowest BCUT2D eigenvalue weighted by Gasteiger charge is -2.35. The first-order valence-corrected chi connectivity index (χ1v) is 8.17. The number of amides is 1. The second-order valence-electron chi connectivity index (χ2n) is 6.72. The highest BCUT2D eigenvalue weighted by atomic mass is 16.1. The minimum absolute atomic E-state index is 0.203. The average molecular weight is 266 g/mol. The van der Waals surface area contributed by atoms with Crippen LogP contribution in [-0.4, -0.2) is 18.0 Å². The van der Waals surface area contributed by atoms with Crippen LogP contribution in [0.1, 0.15) is 65.2 Å². The molecule has 5 atom stereocenters. The van der Waals surface area contributed by atoms with Crippen LogP contribution in [0.3, 0.4) is 0 Å². The van der Waals surface area contributed by atoms with Gasteiger partial charge >= 0.3 is 0 Å². The van der Waals surface area contributed by atoms with Crippen LogP contribution in [0.25, 0.3) is 0 Å². The maximum Gasteiger partial charge on any atom is 0.223 e. The molecule has 0 spiro atoms. The molecule has 5 unspecified atom stereocenters. The molecule has 0 saturated heterocycles. The minimum atomic E-state index is 0.203. The van der Waals surface area contributed by atoms with E-state index in [1.165, 1.54) is 32.1 Å². The predicted octanol–water partition coefficient (Wildman–Crippen LogP) is 2.83. The van der Waals surface area contributed by atoms with Crippen LogP contribution in [-0.2, 0) is 4.79 Å². The van der Waals surface area contributed by atoms with E-state index in [1.807, 2.05) is 0 Å². The summed E-state index contributed by atoms with van der Waals surface area (Å²) in [5, 5.41) is 3.35. The average Bonchev–Trinajstić information content (AvgIpc) is 2.42. The fourth-order valence-electron chi connectivity index (χ4n) is 3.84. The van der Waals surface area contributed by atoms with Crippen LogP contribution in [0.15, 0.2) is 0 Å². The molecule has 0 heterocycles. The number of hydrogen-bond donors (Lipinski definition) is 2. The summed E-state index contributed by atoms with van der Waals surface area (Å²) in [7, 11) is 0. The number of rotatable bonds is 3. The van der Waals surface area contributed by atoms with Gasteiger partial charge in [-0.15, -0.1) is 0 Å². The maximum atomic E-state index is 12.4. The van der Waals surface area contributed by atoms with Gasteiger partial charge in [-0.05, 0) is 43.9 Å². The van der Waals surface area contributed by atoms with Gasteiger partial charge in [-0.25, -0.2) is 0 Å². The lowest BCUT2D eigenvalue weighted by Crippen LogP contribution is -2.47. The Morgan fingerprint density at radius 3 is 2.63 bits per heavy atom. The van der Waals surface area contributed by atoms with E-state index in [0.29, 0.717) is 29.8 Å². The summed E-state index contributed by atoms with van der Waals surface area (Å²) in [5.41, 5.74) is 6.04. The molecule has 3 nitrogen and oxygen atoms in total. The van der Waals surface area contributed by atoms with E-state index in [-0.39, 0.29) is 5.92 Å². The lowest BCUT2D eigenvalue weighted by molar-refractivity contribution is -0.127. The van der Waals surface area contributed by atoms with Crippen molar-refractivity contribution < 1.29 is 4.79 Å². The Hall–Kier alpha value is -0.570. The van der Waals surface area contributed by atoms with Crippen molar-refractivity contribution in [1.29, 1.82) is 0 Å². The standard InChI is InChI=1S/C16H30N2O/c1-3-12-6-4-5-7-15(12)18-16(19)13-8-9-14(17)11(2)10-13/h11-15H,3-10,17H2,1-2H3,(H,18,19). The predicted molar refractivity (Wildman–Crippen MR) is 78.7 cm³/mol. The Morgan fingerprint density at radius 1 is 1.21 bits per heavy atom. The molecule has 0 aromatic rings. The molecule has 0 radical (unpaired) electrons. The number of carbonyl (C=O) groups is 1. The molecule has 1 amide bonds. The zero-order valence-electron chi connectivity index (χ0n) is 12.5. The first-order chi connectivity index (χ1) is 9.11. The third-order valence-corrected chi connectivity index (χ3v) is 5.37. The van der Waals surface area contributed by atoms with Crippen LogP contribution in [0, 0.1) is 17.8 Å². The number of nitrogens with one attached hydrogen (secondary N) is 1. The van der Waals surface area contributed by atoms with Gasteiger partial charge in [0, 0.05) is 18.0 Å². The van der Waals surface area contributed by atoms with Crippen LogP contribution in [0.5, 0.6) is 0 Å². The molecule has 2 aliphatic carbocycles. The van der Waals surface area contributed by atoms with Gasteiger partial charge < -0.3 is 11.1 Å². The van der Waals surface area contributed by atoms with Crippen LogP contribution >= 0.6 is 0 Å². The van der Waals surface area contributed by atoms with Gasteiger partial charge in [-0.1, -0.05) is 33.1 Å². The molecule has 19 heavy (non-hydrogen) atoms. The third kappa shape index (κ3) is 3.71. The van der Waals surface area contributed by atoms with E-state index >= 15 is 0 Å². The van der Waals surface area contributed by atoms with E-state index in [2.05, 4.69) is 19.2 Å². The van der Waals surface area contributed by atoms with Gasteiger partial charge in [-0.2, -0.15) is 0 Å². The zero-order chi connectivity index (χ0) is 13.8.